The van der Waals surface area contributed by atoms with Crippen LogP contribution in [0.25, 0.3) is 32.3 Å². The lowest BCUT2D eigenvalue weighted by atomic mass is 9.93. The molecule has 0 aromatic heterocycles. The Hall–Kier alpha value is -3.06. The Bertz CT molecular complexity index is 1190. The average Bonchev–Trinajstić information content (AvgIpc) is 2.66. The van der Waals surface area contributed by atoms with Crippen molar-refractivity contribution >= 4 is 43.7 Å². The third-order valence-corrected chi connectivity index (χ3v) is 5.29. The maximum absolute atomic E-state index is 2.28. The van der Waals surface area contributed by atoms with Gasteiger partial charge in [-0.05, 0) is 52.1 Å². The van der Waals surface area contributed by atoms with Gasteiger partial charge in [-0.1, -0.05) is 66.2 Å². The minimum Gasteiger partial charge on any atom is -0.344 e. The number of benzene rings is 5. The summed E-state index contributed by atoms with van der Waals surface area (Å²) < 4.78 is 0. The zero-order valence-corrected chi connectivity index (χ0v) is 14.5. The van der Waals surface area contributed by atoms with Gasteiger partial charge in [0.15, 0.2) is 0 Å². The van der Waals surface area contributed by atoms with Crippen molar-refractivity contribution in [3.05, 3.63) is 84.4 Å². The molecule has 0 heterocycles. The predicted octanol–water partition coefficient (Wildman–Crippen LogP) is 6.66. The zero-order chi connectivity index (χ0) is 17.0. The topological polar surface area (TPSA) is 3.24 Å². The molecule has 0 fully saturated rings. The van der Waals surface area contributed by atoms with Gasteiger partial charge in [0.2, 0.25) is 0 Å². The van der Waals surface area contributed by atoms with Crippen LogP contribution in [0.5, 0.6) is 0 Å². The fourth-order valence-corrected chi connectivity index (χ4v) is 3.92. The minimum atomic E-state index is 1.21. The highest BCUT2D eigenvalue weighted by Gasteiger charge is 2.13. The van der Waals surface area contributed by atoms with E-state index < -0.39 is 0 Å². The molecule has 0 spiro atoms. The predicted molar refractivity (Wildman–Crippen MR) is 109 cm³/mol. The van der Waals surface area contributed by atoms with E-state index in [0.29, 0.717) is 0 Å². The van der Waals surface area contributed by atoms with Gasteiger partial charge in [-0.25, -0.2) is 0 Å². The van der Waals surface area contributed by atoms with Crippen LogP contribution in [-0.2, 0) is 0 Å². The molecule has 5 aromatic carbocycles. The number of aryl methyl sites for hydroxylation is 1. The summed E-state index contributed by atoms with van der Waals surface area (Å²) in [6, 6.07) is 28.7. The Kier molecular flexibility index (Phi) is 2.98. The second kappa shape index (κ2) is 5.22. The van der Waals surface area contributed by atoms with Gasteiger partial charge in [0.1, 0.15) is 0 Å². The van der Waals surface area contributed by atoms with Crippen LogP contribution in [0.2, 0.25) is 0 Å². The lowest BCUT2D eigenvalue weighted by Crippen LogP contribution is -2.09. The van der Waals surface area contributed by atoms with Crippen LogP contribution in [0.15, 0.2) is 78.9 Å². The standard InChI is InChI=1S/C24H19N/c1-16-6-12-20(13-7-16)25(2)22-15-11-19-9-8-17-4-3-5-18-10-14-21(22)24(19)23(17)18/h3-15H,1-2H3. The molecular formula is C24H19N. The SMILES string of the molecule is Cc1ccc(N(C)c2ccc3ccc4cccc5ccc2c3c45)cc1. The Balaban J connectivity index is 1.83. The largest absolute Gasteiger partial charge is 0.344 e. The summed E-state index contributed by atoms with van der Waals surface area (Å²) in [6.07, 6.45) is 0. The number of hydrogen-bond donors (Lipinski definition) is 0. The summed E-state index contributed by atoms with van der Waals surface area (Å²) in [6.45, 7) is 2.12. The van der Waals surface area contributed by atoms with Crippen LogP contribution in [0, 0.1) is 6.92 Å². The van der Waals surface area contributed by atoms with Crippen molar-refractivity contribution in [3.63, 3.8) is 0 Å². The van der Waals surface area contributed by atoms with Gasteiger partial charge in [-0.15, -0.1) is 0 Å². The molecule has 0 radical (unpaired) electrons. The van der Waals surface area contributed by atoms with E-state index in [1.807, 2.05) is 0 Å². The van der Waals surface area contributed by atoms with Crippen LogP contribution in [0.3, 0.4) is 0 Å². The van der Waals surface area contributed by atoms with Gasteiger partial charge < -0.3 is 4.90 Å². The first-order valence-corrected chi connectivity index (χ1v) is 8.69. The molecule has 0 saturated carbocycles. The molecule has 120 valence electrons. The summed E-state index contributed by atoms with van der Waals surface area (Å²) in [4.78, 5) is 2.28. The van der Waals surface area contributed by atoms with Crippen molar-refractivity contribution in [3.8, 4) is 0 Å². The molecule has 0 aliphatic rings. The fraction of sp³-hybridized carbons (Fsp3) is 0.0833. The fourth-order valence-electron chi connectivity index (χ4n) is 3.92. The highest BCUT2D eigenvalue weighted by Crippen LogP contribution is 2.40. The van der Waals surface area contributed by atoms with E-state index in [9.17, 15) is 0 Å². The summed E-state index contributed by atoms with van der Waals surface area (Å²) in [5.41, 5.74) is 3.74. The van der Waals surface area contributed by atoms with Crippen molar-refractivity contribution in [1.82, 2.24) is 0 Å². The van der Waals surface area contributed by atoms with Gasteiger partial charge in [-0.2, -0.15) is 0 Å². The molecule has 0 aliphatic heterocycles. The smallest absolute Gasteiger partial charge is 0.0488 e. The Morgan fingerprint density at radius 3 is 1.92 bits per heavy atom. The van der Waals surface area contributed by atoms with E-state index in [2.05, 4.69) is 97.7 Å². The lowest BCUT2D eigenvalue weighted by Gasteiger charge is -2.23. The van der Waals surface area contributed by atoms with E-state index in [-0.39, 0.29) is 0 Å². The van der Waals surface area contributed by atoms with Crippen molar-refractivity contribution in [2.24, 2.45) is 0 Å². The molecule has 0 amide bonds. The highest BCUT2D eigenvalue weighted by molar-refractivity contribution is 6.25. The quantitative estimate of drug-likeness (QED) is 0.329. The number of hydrogen-bond acceptors (Lipinski definition) is 1. The highest BCUT2D eigenvalue weighted by atomic mass is 15.1. The van der Waals surface area contributed by atoms with Crippen molar-refractivity contribution in [2.45, 2.75) is 6.92 Å². The minimum absolute atomic E-state index is 1.21. The lowest BCUT2D eigenvalue weighted by molar-refractivity contribution is 1.22. The zero-order valence-electron chi connectivity index (χ0n) is 14.5. The van der Waals surface area contributed by atoms with E-state index >= 15 is 0 Å². The van der Waals surface area contributed by atoms with E-state index in [1.54, 1.807) is 0 Å². The average molecular weight is 321 g/mol. The van der Waals surface area contributed by atoms with Crippen LogP contribution >= 0.6 is 0 Å². The molecule has 0 aliphatic carbocycles. The summed E-state index contributed by atoms with van der Waals surface area (Å²) in [5.74, 6) is 0. The second-order valence-electron chi connectivity index (χ2n) is 6.84. The third-order valence-electron chi connectivity index (χ3n) is 5.29. The van der Waals surface area contributed by atoms with Gasteiger partial charge in [-0.3, -0.25) is 0 Å². The summed E-state index contributed by atoms with van der Waals surface area (Å²) in [5, 5.41) is 7.98. The first-order chi connectivity index (χ1) is 12.2. The normalized spacial score (nSPS) is 11.6. The summed E-state index contributed by atoms with van der Waals surface area (Å²) >= 11 is 0. The van der Waals surface area contributed by atoms with Gasteiger partial charge in [0, 0.05) is 23.8 Å². The Labute approximate surface area is 147 Å². The van der Waals surface area contributed by atoms with Crippen LogP contribution in [-0.4, -0.2) is 7.05 Å². The molecule has 0 bridgehead atoms. The van der Waals surface area contributed by atoms with E-state index in [0.717, 1.165) is 0 Å². The molecule has 0 N–H and O–H groups in total. The van der Waals surface area contributed by atoms with Gasteiger partial charge in [0.25, 0.3) is 0 Å². The first-order valence-electron chi connectivity index (χ1n) is 8.69. The number of nitrogens with zero attached hydrogens (tertiary/aromatic N) is 1. The Morgan fingerprint density at radius 1 is 0.600 bits per heavy atom. The van der Waals surface area contributed by atoms with Crippen LogP contribution in [0.1, 0.15) is 5.56 Å². The maximum Gasteiger partial charge on any atom is 0.0488 e. The number of rotatable bonds is 2. The van der Waals surface area contributed by atoms with Crippen LogP contribution < -0.4 is 4.90 Å². The molecule has 1 nitrogen and oxygen atoms in total. The van der Waals surface area contributed by atoms with Crippen molar-refractivity contribution in [2.75, 3.05) is 11.9 Å². The molecule has 25 heavy (non-hydrogen) atoms. The first kappa shape index (κ1) is 14.3. The summed E-state index contributed by atoms with van der Waals surface area (Å²) in [7, 11) is 2.15. The second-order valence-corrected chi connectivity index (χ2v) is 6.84. The molecule has 5 aromatic rings. The molecule has 5 rings (SSSR count). The Morgan fingerprint density at radius 2 is 1.20 bits per heavy atom. The van der Waals surface area contributed by atoms with Crippen molar-refractivity contribution < 1.29 is 0 Å². The molecule has 0 atom stereocenters. The van der Waals surface area contributed by atoms with Crippen molar-refractivity contribution in [1.29, 1.82) is 0 Å². The molecule has 0 saturated heterocycles. The molecule has 0 unspecified atom stereocenters. The maximum atomic E-state index is 2.28. The number of anilines is 2. The monoisotopic (exact) mass is 321 g/mol. The van der Waals surface area contributed by atoms with E-state index in [4.69, 9.17) is 0 Å². The van der Waals surface area contributed by atoms with Gasteiger partial charge in [0.05, 0.1) is 0 Å². The van der Waals surface area contributed by atoms with Crippen LogP contribution in [0.4, 0.5) is 11.4 Å². The van der Waals surface area contributed by atoms with E-state index in [1.165, 1.54) is 49.3 Å². The molecule has 1 heteroatoms. The van der Waals surface area contributed by atoms with Gasteiger partial charge >= 0.3 is 0 Å². The molecular weight excluding hydrogens is 302 g/mol. The third kappa shape index (κ3) is 2.09.